The van der Waals surface area contributed by atoms with E-state index in [4.69, 9.17) is 10.7 Å². The van der Waals surface area contributed by atoms with E-state index in [0.717, 1.165) is 11.1 Å². The zero-order valence-corrected chi connectivity index (χ0v) is 20.9. The Labute approximate surface area is 214 Å². The normalized spacial score (nSPS) is 13.3. The molecule has 1 amide bonds. The van der Waals surface area contributed by atoms with Crippen molar-refractivity contribution in [2.75, 3.05) is 13.1 Å². The summed E-state index contributed by atoms with van der Waals surface area (Å²) < 4.78 is 17.9. The fourth-order valence-electron chi connectivity index (χ4n) is 4.26. The molecule has 3 N–H and O–H groups in total. The van der Waals surface area contributed by atoms with E-state index in [1.165, 1.54) is 15.9 Å². The van der Waals surface area contributed by atoms with Crippen LogP contribution >= 0.6 is 0 Å². The molecule has 0 unspecified atom stereocenters. The van der Waals surface area contributed by atoms with Gasteiger partial charge in [-0.25, -0.2) is 14.1 Å². The fourth-order valence-corrected chi connectivity index (χ4v) is 4.26. The Morgan fingerprint density at radius 1 is 1.14 bits per heavy atom. The van der Waals surface area contributed by atoms with Crippen LogP contribution in [-0.4, -0.2) is 70.5 Å². The molecule has 4 aromatic rings. The SMILES string of the molecule is CC(C)(O)[C@H](c1nc(-c2ccccc2)cn1Cc1ccccc1)N(C[C@H](F)CN)C(=O)Cn1cnnn1. The summed E-state index contributed by atoms with van der Waals surface area (Å²) in [6, 6.07) is 18.4. The Morgan fingerprint density at radius 2 is 1.81 bits per heavy atom. The average molecular weight is 507 g/mol. The molecule has 2 atom stereocenters. The number of nitrogens with two attached hydrogens (primary N) is 1. The summed E-state index contributed by atoms with van der Waals surface area (Å²) in [6.07, 6.45) is 1.68. The number of hydrogen-bond donors (Lipinski definition) is 2. The Balaban J connectivity index is 1.83. The summed E-state index contributed by atoms with van der Waals surface area (Å²) in [5, 5.41) is 22.3. The monoisotopic (exact) mass is 506 g/mol. The van der Waals surface area contributed by atoms with Crippen molar-refractivity contribution in [3.05, 3.63) is 84.6 Å². The maximum Gasteiger partial charge on any atom is 0.245 e. The van der Waals surface area contributed by atoms with Crippen LogP contribution in [0.1, 0.15) is 31.3 Å². The highest BCUT2D eigenvalue weighted by Gasteiger charge is 2.41. The predicted octanol–water partition coefficient (Wildman–Crippen LogP) is 2.22. The van der Waals surface area contributed by atoms with Crippen LogP contribution in [0.2, 0.25) is 0 Å². The van der Waals surface area contributed by atoms with Crippen LogP contribution in [0.15, 0.2) is 73.2 Å². The summed E-state index contributed by atoms with van der Waals surface area (Å²) in [7, 11) is 0. The van der Waals surface area contributed by atoms with Crippen molar-refractivity contribution in [1.29, 1.82) is 0 Å². The smallest absolute Gasteiger partial charge is 0.245 e. The number of aliphatic hydroxyl groups is 1. The molecule has 0 aliphatic rings. The molecule has 37 heavy (non-hydrogen) atoms. The maximum atomic E-state index is 14.7. The summed E-state index contributed by atoms with van der Waals surface area (Å²) in [5.41, 5.74) is 6.65. The van der Waals surface area contributed by atoms with Crippen molar-refractivity contribution in [2.24, 2.45) is 5.73 Å². The molecule has 4 rings (SSSR count). The van der Waals surface area contributed by atoms with E-state index in [-0.39, 0.29) is 19.6 Å². The second-order valence-electron chi connectivity index (χ2n) is 9.41. The number of hydrogen-bond acceptors (Lipinski definition) is 7. The molecular weight excluding hydrogens is 475 g/mol. The molecule has 0 aliphatic carbocycles. The lowest BCUT2D eigenvalue weighted by Gasteiger charge is -2.39. The van der Waals surface area contributed by atoms with Gasteiger partial charge in [-0.05, 0) is 29.8 Å². The molecule has 0 bridgehead atoms. The van der Waals surface area contributed by atoms with E-state index in [1.807, 2.05) is 71.4 Å². The third-order valence-electron chi connectivity index (χ3n) is 5.96. The minimum atomic E-state index is -1.51. The number of carbonyl (C=O) groups is 1. The van der Waals surface area contributed by atoms with Crippen LogP contribution in [0.5, 0.6) is 0 Å². The number of halogens is 1. The van der Waals surface area contributed by atoms with Crippen molar-refractivity contribution in [3.63, 3.8) is 0 Å². The number of imidazole rings is 1. The summed E-state index contributed by atoms with van der Waals surface area (Å²) in [6.45, 7) is 2.75. The first-order chi connectivity index (χ1) is 17.8. The number of alkyl halides is 1. The number of tetrazole rings is 1. The van der Waals surface area contributed by atoms with Gasteiger partial charge in [-0.1, -0.05) is 60.7 Å². The van der Waals surface area contributed by atoms with Crippen LogP contribution in [-0.2, 0) is 17.9 Å². The van der Waals surface area contributed by atoms with Gasteiger partial charge in [-0.3, -0.25) is 4.79 Å². The van der Waals surface area contributed by atoms with Gasteiger partial charge in [-0.2, -0.15) is 0 Å². The lowest BCUT2D eigenvalue weighted by molar-refractivity contribution is -0.142. The first-order valence-corrected chi connectivity index (χ1v) is 12.0. The van der Waals surface area contributed by atoms with Gasteiger partial charge < -0.3 is 20.3 Å². The number of benzene rings is 2. The summed E-state index contributed by atoms with van der Waals surface area (Å²) in [5.74, 6) is -0.0597. The van der Waals surface area contributed by atoms with Crippen LogP contribution < -0.4 is 5.73 Å². The molecule has 0 aliphatic heterocycles. The maximum absolute atomic E-state index is 14.7. The topological polar surface area (TPSA) is 128 Å². The van der Waals surface area contributed by atoms with Crippen LogP contribution in [0.4, 0.5) is 4.39 Å². The molecule has 194 valence electrons. The van der Waals surface area contributed by atoms with E-state index in [2.05, 4.69) is 15.5 Å². The van der Waals surface area contributed by atoms with Crippen molar-refractivity contribution in [1.82, 2.24) is 34.7 Å². The lowest BCUT2D eigenvalue weighted by atomic mass is 9.95. The van der Waals surface area contributed by atoms with E-state index in [0.29, 0.717) is 18.1 Å². The number of rotatable bonds is 11. The molecule has 0 spiro atoms. The molecule has 2 aromatic heterocycles. The molecule has 0 saturated heterocycles. The second kappa shape index (κ2) is 11.4. The van der Waals surface area contributed by atoms with Gasteiger partial charge >= 0.3 is 0 Å². The van der Waals surface area contributed by atoms with Gasteiger partial charge in [0.05, 0.1) is 17.8 Å². The third kappa shape index (κ3) is 6.43. The predicted molar refractivity (Wildman–Crippen MR) is 136 cm³/mol. The zero-order chi connectivity index (χ0) is 26.4. The second-order valence-corrected chi connectivity index (χ2v) is 9.41. The number of carbonyl (C=O) groups excluding carboxylic acids is 1. The van der Waals surface area contributed by atoms with E-state index < -0.39 is 23.7 Å². The van der Waals surface area contributed by atoms with Crippen LogP contribution in [0, 0.1) is 0 Å². The van der Waals surface area contributed by atoms with Crippen molar-refractivity contribution in [2.45, 2.75) is 44.8 Å². The highest BCUT2D eigenvalue weighted by atomic mass is 19.1. The van der Waals surface area contributed by atoms with E-state index in [9.17, 15) is 14.3 Å². The molecular formula is C26H31FN8O2. The van der Waals surface area contributed by atoms with Gasteiger partial charge in [0.2, 0.25) is 5.91 Å². The van der Waals surface area contributed by atoms with Gasteiger partial charge in [0, 0.05) is 24.8 Å². The molecule has 0 radical (unpaired) electrons. The van der Waals surface area contributed by atoms with Crippen molar-refractivity contribution < 1.29 is 14.3 Å². The fraction of sp³-hybridized carbons (Fsp3) is 0.346. The average Bonchev–Trinajstić information content (AvgIpc) is 3.54. The highest BCUT2D eigenvalue weighted by Crippen LogP contribution is 2.34. The first-order valence-electron chi connectivity index (χ1n) is 12.0. The largest absolute Gasteiger partial charge is 0.388 e. The highest BCUT2D eigenvalue weighted by molar-refractivity contribution is 5.76. The Hall–Kier alpha value is -3.96. The minimum Gasteiger partial charge on any atom is -0.388 e. The third-order valence-corrected chi connectivity index (χ3v) is 5.96. The molecule has 0 saturated carbocycles. The van der Waals surface area contributed by atoms with Gasteiger partial charge in [-0.15, -0.1) is 5.10 Å². The van der Waals surface area contributed by atoms with E-state index >= 15 is 0 Å². The summed E-state index contributed by atoms with van der Waals surface area (Å²) in [4.78, 5) is 19.7. The van der Waals surface area contributed by atoms with Gasteiger partial charge in [0.25, 0.3) is 0 Å². The number of aromatic nitrogens is 6. The Morgan fingerprint density at radius 3 is 2.41 bits per heavy atom. The van der Waals surface area contributed by atoms with Gasteiger partial charge in [0.15, 0.2) is 0 Å². The van der Waals surface area contributed by atoms with Crippen LogP contribution in [0.25, 0.3) is 11.3 Å². The number of amides is 1. The molecule has 2 aromatic carbocycles. The Kier molecular flexibility index (Phi) is 8.04. The summed E-state index contributed by atoms with van der Waals surface area (Å²) >= 11 is 0. The lowest BCUT2D eigenvalue weighted by Crippen LogP contribution is -2.50. The quantitative estimate of drug-likeness (QED) is 0.319. The molecule has 11 heteroatoms. The van der Waals surface area contributed by atoms with E-state index in [1.54, 1.807) is 13.8 Å². The molecule has 10 nitrogen and oxygen atoms in total. The first kappa shape index (κ1) is 26.1. The van der Waals surface area contributed by atoms with Crippen molar-refractivity contribution >= 4 is 5.91 Å². The Bertz CT molecular complexity index is 1270. The standard InChI is InChI=1S/C26H31FN8O2/c1-26(2,37)24(35(15-21(27)13-28)23(36)17-34-18-29-31-32-34)25-30-22(20-11-7-4-8-12-20)16-33(25)14-19-9-5-3-6-10-19/h3-12,16,18,21,24,37H,13-15,17,28H2,1-2H3/t21-,24+/m1/s1. The van der Waals surface area contributed by atoms with Crippen molar-refractivity contribution in [3.8, 4) is 11.3 Å². The minimum absolute atomic E-state index is 0.234. The van der Waals surface area contributed by atoms with Crippen LogP contribution in [0.3, 0.4) is 0 Å². The van der Waals surface area contributed by atoms with Gasteiger partial charge in [0.1, 0.15) is 30.9 Å². The number of nitrogens with zero attached hydrogens (tertiary/aromatic N) is 7. The molecule has 2 heterocycles. The zero-order valence-electron chi connectivity index (χ0n) is 20.9. The molecule has 0 fully saturated rings.